The lowest BCUT2D eigenvalue weighted by Crippen LogP contribution is -2.40. The molecule has 4 rings (SSSR count). The topological polar surface area (TPSA) is 75.9 Å². The molecule has 4 heterocycles. The van der Waals surface area contributed by atoms with Crippen molar-refractivity contribution in [3.05, 3.63) is 41.2 Å². The molecule has 0 bridgehead atoms. The van der Waals surface area contributed by atoms with Crippen molar-refractivity contribution in [3.8, 4) is 0 Å². The lowest BCUT2D eigenvalue weighted by molar-refractivity contribution is -0.135. The molecule has 0 saturated carbocycles. The smallest absolute Gasteiger partial charge is 0.247 e. The summed E-state index contributed by atoms with van der Waals surface area (Å²) < 4.78 is 1.78. The molecule has 7 heteroatoms. The van der Waals surface area contributed by atoms with E-state index in [-0.39, 0.29) is 18.0 Å². The third-order valence-corrected chi connectivity index (χ3v) is 5.23. The van der Waals surface area contributed by atoms with Crippen LogP contribution < -0.4 is 5.32 Å². The van der Waals surface area contributed by atoms with Gasteiger partial charge in [0.1, 0.15) is 11.9 Å². The largest absolute Gasteiger partial charge is 0.336 e. The zero-order valence-corrected chi connectivity index (χ0v) is 14.8. The number of nitrogens with one attached hydrogen (secondary N) is 1. The molecule has 0 aromatic carbocycles. The van der Waals surface area contributed by atoms with Crippen LogP contribution in [0.3, 0.4) is 0 Å². The molecule has 1 saturated heterocycles. The van der Waals surface area contributed by atoms with Crippen LogP contribution in [0, 0.1) is 6.92 Å². The molecule has 0 unspecified atom stereocenters. The average molecular weight is 340 g/mol. The number of rotatable bonds is 3. The number of hydrogen-bond acceptors (Lipinski definition) is 5. The van der Waals surface area contributed by atoms with E-state index in [1.54, 1.807) is 10.9 Å². The zero-order chi connectivity index (χ0) is 17.4. The third-order valence-electron chi connectivity index (χ3n) is 5.23. The van der Waals surface area contributed by atoms with E-state index in [0.717, 1.165) is 42.2 Å². The molecule has 132 valence electrons. The van der Waals surface area contributed by atoms with Crippen molar-refractivity contribution >= 4 is 5.91 Å². The first-order chi connectivity index (χ1) is 12.1. The minimum atomic E-state index is -0.292. The summed E-state index contributed by atoms with van der Waals surface area (Å²) in [6.45, 7) is 6.19. The lowest BCUT2D eigenvalue weighted by Gasteiger charge is -2.31. The predicted octanol–water partition coefficient (Wildman–Crippen LogP) is 1.55. The van der Waals surface area contributed by atoms with Crippen molar-refractivity contribution in [3.63, 3.8) is 0 Å². The number of carbonyl (C=O) groups is 1. The third kappa shape index (κ3) is 3.04. The molecular formula is C18H24N6O. The summed E-state index contributed by atoms with van der Waals surface area (Å²) in [6.07, 6.45) is 6.70. The first kappa shape index (κ1) is 16.2. The second-order valence-electron chi connectivity index (χ2n) is 6.95. The monoisotopic (exact) mass is 340 g/mol. The Morgan fingerprint density at radius 1 is 1.44 bits per heavy atom. The Labute approximate surface area is 147 Å². The fourth-order valence-corrected chi connectivity index (χ4v) is 3.75. The van der Waals surface area contributed by atoms with Gasteiger partial charge >= 0.3 is 0 Å². The van der Waals surface area contributed by atoms with E-state index in [4.69, 9.17) is 4.98 Å². The molecule has 0 spiro atoms. The molecule has 2 aliphatic heterocycles. The summed E-state index contributed by atoms with van der Waals surface area (Å²) in [7, 11) is 0. The van der Waals surface area contributed by atoms with E-state index in [1.807, 2.05) is 31.0 Å². The van der Waals surface area contributed by atoms with Gasteiger partial charge in [-0.1, -0.05) is 0 Å². The van der Waals surface area contributed by atoms with Gasteiger partial charge in [0.15, 0.2) is 0 Å². The Morgan fingerprint density at radius 2 is 2.32 bits per heavy atom. The van der Waals surface area contributed by atoms with E-state index in [2.05, 4.69) is 15.4 Å². The summed E-state index contributed by atoms with van der Waals surface area (Å²) in [5, 5.41) is 7.71. The highest BCUT2D eigenvalue weighted by Crippen LogP contribution is 2.24. The van der Waals surface area contributed by atoms with Gasteiger partial charge in [0.25, 0.3) is 0 Å². The minimum absolute atomic E-state index is 0.0963. The molecule has 7 nitrogen and oxygen atoms in total. The molecule has 1 fully saturated rings. The summed E-state index contributed by atoms with van der Waals surface area (Å²) in [5.74, 6) is 0.996. The van der Waals surface area contributed by atoms with Gasteiger partial charge in [-0.15, -0.1) is 0 Å². The number of amides is 1. The van der Waals surface area contributed by atoms with Crippen LogP contribution in [0.1, 0.15) is 54.6 Å². The Hall–Kier alpha value is -2.28. The second-order valence-corrected chi connectivity index (χ2v) is 6.95. The highest BCUT2D eigenvalue weighted by molar-refractivity contribution is 5.80. The van der Waals surface area contributed by atoms with Crippen LogP contribution in [0.5, 0.6) is 0 Å². The van der Waals surface area contributed by atoms with Crippen molar-refractivity contribution in [1.29, 1.82) is 0 Å². The maximum absolute atomic E-state index is 12.8. The highest BCUT2D eigenvalue weighted by Gasteiger charge is 2.28. The fourth-order valence-electron chi connectivity index (χ4n) is 3.75. The van der Waals surface area contributed by atoms with E-state index in [9.17, 15) is 4.79 Å². The number of aryl methyl sites for hydroxylation is 1. The van der Waals surface area contributed by atoms with Crippen LogP contribution in [0.2, 0.25) is 0 Å². The van der Waals surface area contributed by atoms with Crippen LogP contribution in [0.15, 0.2) is 18.5 Å². The Morgan fingerprint density at radius 3 is 3.04 bits per heavy atom. The molecule has 2 aliphatic rings. The minimum Gasteiger partial charge on any atom is -0.336 e. The van der Waals surface area contributed by atoms with Gasteiger partial charge in [-0.2, -0.15) is 5.10 Å². The summed E-state index contributed by atoms with van der Waals surface area (Å²) in [4.78, 5) is 24.1. The SMILES string of the molecule is Cc1ccnn1[C@H](C)C(=O)N1CCc2nc([C@@H]3CCCN3)ncc2C1. The number of nitrogens with zero attached hydrogens (tertiary/aromatic N) is 5. The second kappa shape index (κ2) is 6.55. The van der Waals surface area contributed by atoms with Gasteiger partial charge in [-0.25, -0.2) is 9.97 Å². The van der Waals surface area contributed by atoms with Crippen LogP contribution in [-0.4, -0.2) is 43.6 Å². The van der Waals surface area contributed by atoms with E-state index in [0.29, 0.717) is 13.1 Å². The Bertz CT molecular complexity index is 780. The van der Waals surface area contributed by atoms with E-state index >= 15 is 0 Å². The van der Waals surface area contributed by atoms with Crippen LogP contribution in [-0.2, 0) is 17.8 Å². The summed E-state index contributed by atoms with van der Waals surface area (Å²) >= 11 is 0. The van der Waals surface area contributed by atoms with Crippen molar-refractivity contribution < 1.29 is 4.79 Å². The molecule has 0 radical (unpaired) electrons. The quantitative estimate of drug-likeness (QED) is 0.917. The molecule has 0 aliphatic carbocycles. The van der Waals surface area contributed by atoms with Crippen LogP contribution in [0.25, 0.3) is 0 Å². The van der Waals surface area contributed by atoms with E-state index in [1.165, 1.54) is 6.42 Å². The maximum Gasteiger partial charge on any atom is 0.247 e. The van der Waals surface area contributed by atoms with Crippen molar-refractivity contribution in [1.82, 2.24) is 30.0 Å². The standard InChI is InChI=1S/C18H24N6O/c1-12-5-8-21-24(12)13(2)18(25)23-9-6-15-14(11-23)10-20-17(22-15)16-4-3-7-19-16/h5,8,10,13,16,19H,3-4,6-7,9,11H2,1-2H3/t13-,16+/m1/s1. The molecule has 25 heavy (non-hydrogen) atoms. The molecule has 2 atom stereocenters. The number of carbonyl (C=O) groups excluding carboxylic acids is 1. The molecular weight excluding hydrogens is 316 g/mol. The Balaban J connectivity index is 1.49. The van der Waals surface area contributed by atoms with Gasteiger partial charge in [0.05, 0.1) is 11.7 Å². The van der Waals surface area contributed by atoms with Gasteiger partial charge in [-0.3, -0.25) is 9.48 Å². The number of hydrogen-bond donors (Lipinski definition) is 1. The Kier molecular flexibility index (Phi) is 4.25. The molecule has 1 amide bonds. The van der Waals surface area contributed by atoms with E-state index < -0.39 is 0 Å². The fraction of sp³-hybridized carbons (Fsp3) is 0.556. The normalized spacial score (nSPS) is 21.2. The zero-order valence-electron chi connectivity index (χ0n) is 14.8. The highest BCUT2D eigenvalue weighted by atomic mass is 16.2. The van der Waals surface area contributed by atoms with Gasteiger partial charge < -0.3 is 10.2 Å². The van der Waals surface area contributed by atoms with Gasteiger partial charge in [0, 0.05) is 43.2 Å². The first-order valence-electron chi connectivity index (χ1n) is 9.00. The van der Waals surface area contributed by atoms with Crippen LogP contribution in [0.4, 0.5) is 0 Å². The molecule has 1 N–H and O–H groups in total. The predicted molar refractivity (Wildman–Crippen MR) is 92.8 cm³/mol. The van der Waals surface area contributed by atoms with Crippen molar-refractivity contribution in [2.45, 2.75) is 51.7 Å². The van der Waals surface area contributed by atoms with Gasteiger partial charge in [-0.05, 0) is 39.3 Å². The van der Waals surface area contributed by atoms with Crippen molar-refractivity contribution in [2.24, 2.45) is 0 Å². The number of aromatic nitrogens is 4. The first-order valence-corrected chi connectivity index (χ1v) is 9.00. The van der Waals surface area contributed by atoms with Gasteiger partial charge in [0.2, 0.25) is 5.91 Å². The molecule has 2 aromatic heterocycles. The van der Waals surface area contributed by atoms with Crippen LogP contribution >= 0.6 is 0 Å². The number of fused-ring (bicyclic) bond motifs is 1. The lowest BCUT2D eigenvalue weighted by atomic mass is 10.1. The molecule has 2 aromatic rings. The summed E-state index contributed by atoms with van der Waals surface area (Å²) in [5.41, 5.74) is 3.15. The maximum atomic E-state index is 12.8. The summed E-state index contributed by atoms with van der Waals surface area (Å²) in [6, 6.07) is 1.91. The average Bonchev–Trinajstić information content (AvgIpc) is 3.31. The van der Waals surface area contributed by atoms with Crippen molar-refractivity contribution in [2.75, 3.05) is 13.1 Å².